The second-order valence-electron chi connectivity index (χ2n) is 3.28. The van der Waals surface area contributed by atoms with Gasteiger partial charge in [-0.3, -0.25) is 4.79 Å². The molecule has 1 saturated heterocycles. The van der Waals surface area contributed by atoms with Gasteiger partial charge in [0.15, 0.2) is 0 Å². The van der Waals surface area contributed by atoms with Gasteiger partial charge in [0.25, 0.3) is 0 Å². The summed E-state index contributed by atoms with van der Waals surface area (Å²) in [4.78, 5) is 22.0. The van der Waals surface area contributed by atoms with Crippen molar-refractivity contribution >= 4 is 41.2 Å². The predicted octanol–water partition coefficient (Wildman–Crippen LogP) is 2.85. The minimum Gasteiger partial charge on any atom is -0.389 e. The van der Waals surface area contributed by atoms with E-state index >= 15 is 0 Å². The third-order valence-corrected chi connectivity index (χ3v) is 2.83. The molecule has 0 bridgehead atoms. The van der Waals surface area contributed by atoms with Crippen LogP contribution >= 0.6 is 23.2 Å². The minimum absolute atomic E-state index is 0.000914. The van der Waals surface area contributed by atoms with Gasteiger partial charge in [-0.05, 0) is 23.8 Å². The van der Waals surface area contributed by atoms with Crippen molar-refractivity contribution < 1.29 is 14.3 Å². The van der Waals surface area contributed by atoms with Crippen LogP contribution in [-0.2, 0) is 14.3 Å². The zero-order valence-electron chi connectivity index (χ0n) is 8.00. The van der Waals surface area contributed by atoms with Crippen LogP contribution in [0.3, 0.4) is 0 Å². The van der Waals surface area contributed by atoms with Gasteiger partial charge in [0.05, 0.1) is 16.5 Å². The molecule has 1 aliphatic heterocycles. The van der Waals surface area contributed by atoms with Gasteiger partial charge >= 0.3 is 11.9 Å². The largest absolute Gasteiger partial charge is 0.389 e. The van der Waals surface area contributed by atoms with Gasteiger partial charge in [0.2, 0.25) is 0 Å². The third-order valence-electron chi connectivity index (χ3n) is 2.09. The molecule has 0 N–H and O–H groups in total. The van der Waals surface area contributed by atoms with E-state index in [2.05, 4.69) is 4.74 Å². The van der Waals surface area contributed by atoms with E-state index in [0.717, 1.165) is 0 Å². The molecule has 0 atom stereocenters. The van der Waals surface area contributed by atoms with E-state index in [1.54, 1.807) is 24.3 Å². The lowest BCUT2D eigenvalue weighted by molar-refractivity contribution is -0.151. The maximum atomic E-state index is 11.2. The maximum Gasteiger partial charge on any atom is 0.342 e. The second kappa shape index (κ2) is 4.28. The van der Waals surface area contributed by atoms with Crippen LogP contribution in [0.25, 0.3) is 6.08 Å². The highest BCUT2D eigenvalue weighted by Crippen LogP contribution is 2.25. The fraction of sp³-hybridized carbons (Fsp3) is 0.0909. The molecule has 5 heteroatoms. The van der Waals surface area contributed by atoms with Crippen LogP contribution in [0.2, 0.25) is 10.0 Å². The summed E-state index contributed by atoms with van der Waals surface area (Å²) >= 11 is 11.6. The molecule has 1 heterocycles. The Morgan fingerprint density at radius 1 is 1.19 bits per heavy atom. The Labute approximate surface area is 102 Å². The van der Waals surface area contributed by atoms with Crippen LogP contribution in [0.4, 0.5) is 0 Å². The van der Waals surface area contributed by atoms with Crippen LogP contribution in [0.5, 0.6) is 0 Å². The lowest BCUT2D eigenvalue weighted by atomic mass is 10.1. The molecule has 16 heavy (non-hydrogen) atoms. The van der Waals surface area contributed by atoms with Crippen LogP contribution in [-0.4, -0.2) is 11.9 Å². The van der Waals surface area contributed by atoms with E-state index in [4.69, 9.17) is 23.2 Å². The van der Waals surface area contributed by atoms with Gasteiger partial charge in [0, 0.05) is 5.57 Å². The fourth-order valence-electron chi connectivity index (χ4n) is 1.35. The molecule has 0 spiro atoms. The monoisotopic (exact) mass is 256 g/mol. The first kappa shape index (κ1) is 11.2. The number of benzene rings is 1. The normalized spacial score (nSPS) is 18.0. The first-order valence-electron chi connectivity index (χ1n) is 4.47. The first-order valence-corrected chi connectivity index (χ1v) is 5.22. The number of hydrogen-bond donors (Lipinski definition) is 0. The molecular weight excluding hydrogens is 251 g/mol. The van der Waals surface area contributed by atoms with Crippen molar-refractivity contribution in [2.24, 2.45) is 0 Å². The van der Waals surface area contributed by atoms with Crippen LogP contribution in [0, 0.1) is 0 Å². The van der Waals surface area contributed by atoms with E-state index in [0.29, 0.717) is 21.2 Å². The summed E-state index contributed by atoms with van der Waals surface area (Å²) in [5.41, 5.74) is 1.03. The summed E-state index contributed by atoms with van der Waals surface area (Å²) in [6.45, 7) is 0. The Balaban J connectivity index is 2.32. The molecule has 1 aromatic rings. The molecule has 0 amide bonds. The summed E-state index contributed by atoms with van der Waals surface area (Å²) in [7, 11) is 0. The molecule has 0 radical (unpaired) electrons. The summed E-state index contributed by atoms with van der Waals surface area (Å²) in [5, 5.41) is 0.836. The standard InChI is InChI=1S/C11H6Cl2O3/c12-8-2-1-6(4-9(8)13)3-7-5-10(14)16-11(7)15/h1-4H,5H2/b7-3+. The maximum absolute atomic E-state index is 11.2. The Morgan fingerprint density at radius 2 is 1.94 bits per heavy atom. The minimum atomic E-state index is -0.601. The SMILES string of the molecule is O=C1C/C(=C\c2ccc(Cl)c(Cl)c2)C(=O)O1. The average molecular weight is 257 g/mol. The van der Waals surface area contributed by atoms with Crippen molar-refractivity contribution in [3.8, 4) is 0 Å². The number of carbonyl (C=O) groups is 2. The van der Waals surface area contributed by atoms with Gasteiger partial charge in [-0.2, -0.15) is 0 Å². The van der Waals surface area contributed by atoms with Crippen molar-refractivity contribution in [3.63, 3.8) is 0 Å². The summed E-state index contributed by atoms with van der Waals surface area (Å²) in [6, 6.07) is 4.95. The molecular formula is C11H6Cl2O3. The number of hydrogen-bond acceptors (Lipinski definition) is 3. The highest BCUT2D eigenvalue weighted by Gasteiger charge is 2.26. The van der Waals surface area contributed by atoms with E-state index in [1.165, 1.54) is 0 Å². The topological polar surface area (TPSA) is 43.4 Å². The van der Waals surface area contributed by atoms with E-state index in [-0.39, 0.29) is 6.42 Å². The summed E-state index contributed by atoms with van der Waals surface area (Å²) in [5.74, 6) is -1.13. The molecule has 3 nitrogen and oxygen atoms in total. The molecule has 1 fully saturated rings. The molecule has 2 rings (SSSR count). The van der Waals surface area contributed by atoms with Crippen LogP contribution < -0.4 is 0 Å². The van der Waals surface area contributed by atoms with Gasteiger partial charge in [-0.1, -0.05) is 29.3 Å². The lowest BCUT2D eigenvalue weighted by Gasteiger charge is -1.98. The number of halogens is 2. The van der Waals surface area contributed by atoms with Crippen molar-refractivity contribution in [2.75, 3.05) is 0 Å². The Morgan fingerprint density at radius 3 is 2.50 bits per heavy atom. The van der Waals surface area contributed by atoms with Gasteiger partial charge < -0.3 is 4.74 Å². The lowest BCUT2D eigenvalue weighted by Crippen LogP contribution is -1.96. The number of esters is 2. The van der Waals surface area contributed by atoms with Crippen molar-refractivity contribution in [1.29, 1.82) is 0 Å². The van der Waals surface area contributed by atoms with Crippen molar-refractivity contribution in [3.05, 3.63) is 39.4 Å². The highest BCUT2D eigenvalue weighted by molar-refractivity contribution is 6.42. The molecule has 1 aromatic carbocycles. The molecule has 0 aliphatic carbocycles. The highest BCUT2D eigenvalue weighted by atomic mass is 35.5. The van der Waals surface area contributed by atoms with Gasteiger partial charge in [0.1, 0.15) is 0 Å². The zero-order valence-corrected chi connectivity index (χ0v) is 9.51. The quantitative estimate of drug-likeness (QED) is 0.441. The average Bonchev–Trinajstić information content (AvgIpc) is 2.51. The summed E-state index contributed by atoms with van der Waals surface area (Å²) in [6.07, 6.45) is 1.56. The Hall–Kier alpha value is -1.32. The number of ether oxygens (including phenoxy) is 1. The molecule has 82 valence electrons. The van der Waals surface area contributed by atoms with Crippen LogP contribution in [0.15, 0.2) is 23.8 Å². The molecule has 1 aliphatic rings. The summed E-state index contributed by atoms with van der Waals surface area (Å²) < 4.78 is 4.39. The predicted molar refractivity (Wildman–Crippen MR) is 60.2 cm³/mol. The number of carbonyl (C=O) groups excluding carboxylic acids is 2. The second-order valence-corrected chi connectivity index (χ2v) is 4.10. The third kappa shape index (κ3) is 2.26. The number of rotatable bonds is 1. The van der Waals surface area contributed by atoms with Gasteiger partial charge in [-0.25, -0.2) is 4.79 Å². The fourth-order valence-corrected chi connectivity index (χ4v) is 1.65. The zero-order chi connectivity index (χ0) is 11.7. The van der Waals surface area contributed by atoms with E-state index < -0.39 is 11.9 Å². The molecule has 0 aromatic heterocycles. The molecule has 0 unspecified atom stereocenters. The Bertz CT molecular complexity index is 506. The smallest absolute Gasteiger partial charge is 0.342 e. The Kier molecular flexibility index (Phi) is 2.99. The van der Waals surface area contributed by atoms with Crippen molar-refractivity contribution in [2.45, 2.75) is 6.42 Å². The van der Waals surface area contributed by atoms with E-state index in [9.17, 15) is 9.59 Å². The van der Waals surface area contributed by atoms with E-state index in [1.807, 2.05) is 0 Å². The van der Waals surface area contributed by atoms with Crippen LogP contribution in [0.1, 0.15) is 12.0 Å². The van der Waals surface area contributed by atoms with Gasteiger partial charge in [-0.15, -0.1) is 0 Å². The van der Waals surface area contributed by atoms with Crippen molar-refractivity contribution in [1.82, 2.24) is 0 Å². The first-order chi connectivity index (χ1) is 7.56. The molecule has 0 saturated carbocycles. The number of cyclic esters (lactones) is 2.